The smallest absolute Gasteiger partial charge is 0.247 e. The van der Waals surface area contributed by atoms with Crippen molar-refractivity contribution in [1.82, 2.24) is 19.8 Å². The molecule has 6 rings (SSSR count). The Hall–Kier alpha value is -4.82. The Morgan fingerprint density at radius 3 is 2.44 bits per heavy atom. The van der Waals surface area contributed by atoms with E-state index in [0.29, 0.717) is 53.4 Å². The number of methoxy groups -OCH3 is 1. The second kappa shape index (κ2) is 14.5. The topological polar surface area (TPSA) is 115 Å². The van der Waals surface area contributed by atoms with Gasteiger partial charge >= 0.3 is 0 Å². The van der Waals surface area contributed by atoms with Crippen LogP contribution in [-0.4, -0.2) is 90.6 Å². The van der Waals surface area contributed by atoms with E-state index in [1.165, 1.54) is 24.5 Å². The Balaban J connectivity index is 1.20. The van der Waals surface area contributed by atoms with Crippen molar-refractivity contribution in [2.24, 2.45) is 0 Å². The molecule has 3 fully saturated rings. The zero-order valence-electron chi connectivity index (χ0n) is 27.1. The molecule has 0 spiro atoms. The summed E-state index contributed by atoms with van der Waals surface area (Å²) in [5, 5.41) is 7.81. The maximum atomic E-state index is 14.0. The van der Waals surface area contributed by atoms with Crippen molar-refractivity contribution in [2.45, 2.75) is 38.3 Å². The van der Waals surface area contributed by atoms with Gasteiger partial charge in [-0.2, -0.15) is 0 Å². The van der Waals surface area contributed by atoms with Crippen LogP contribution >= 0.6 is 0 Å². The number of nitrogens with zero attached hydrogens (tertiary/aromatic N) is 6. The molecule has 12 nitrogen and oxygen atoms in total. The van der Waals surface area contributed by atoms with Gasteiger partial charge in [-0.15, -0.1) is 0 Å². The Labute approximate surface area is 278 Å². The van der Waals surface area contributed by atoms with Crippen molar-refractivity contribution < 1.29 is 27.9 Å². The summed E-state index contributed by atoms with van der Waals surface area (Å²) in [5.74, 6) is -0.650. The van der Waals surface area contributed by atoms with Gasteiger partial charge in [0.1, 0.15) is 17.9 Å². The van der Waals surface area contributed by atoms with Crippen LogP contribution in [0.3, 0.4) is 0 Å². The number of nitrogens with one attached hydrogen (secondary N) is 2. The highest BCUT2D eigenvalue weighted by molar-refractivity contribution is 6.02. The molecule has 0 saturated carbocycles. The molecule has 4 heterocycles. The molecule has 3 saturated heterocycles. The van der Waals surface area contributed by atoms with Gasteiger partial charge in [-0.3, -0.25) is 19.3 Å². The van der Waals surface area contributed by atoms with E-state index in [2.05, 4.69) is 37.0 Å². The minimum Gasteiger partial charge on any atom is -0.494 e. The molecule has 1 unspecified atom stereocenters. The van der Waals surface area contributed by atoms with Gasteiger partial charge in [-0.1, -0.05) is 12.6 Å². The summed E-state index contributed by atoms with van der Waals surface area (Å²) in [5.41, 5.74) is 2.55. The van der Waals surface area contributed by atoms with Crippen molar-refractivity contribution >= 4 is 40.5 Å². The number of benzene rings is 2. The molecule has 2 N–H and O–H groups in total. The summed E-state index contributed by atoms with van der Waals surface area (Å²) in [4.78, 5) is 45.5. The van der Waals surface area contributed by atoms with E-state index in [4.69, 9.17) is 9.57 Å². The standard InChI is InChI=1S/C34H40F2N8O4/c1-4-34(46)40-27-18-28(31(47-3)19-30(27)43-10-7-24(8-11-43)42-14-12-41(13-15-42)22(2)45)39-32-20-33(38-21-37-32)44-29(9-16-48-44)23-5-6-25(35)26(36)17-23/h4-6,17-21,24,29H,1,7-16H2,2-3H3,(H,40,46)(H,37,38,39). The molecule has 3 aliphatic heterocycles. The highest BCUT2D eigenvalue weighted by atomic mass is 19.2. The van der Waals surface area contributed by atoms with E-state index in [1.807, 2.05) is 11.0 Å². The minimum absolute atomic E-state index is 0.125. The maximum absolute atomic E-state index is 14.0. The van der Waals surface area contributed by atoms with E-state index in [9.17, 15) is 18.4 Å². The third-order valence-corrected chi connectivity index (χ3v) is 9.22. The number of carbonyl (C=O) groups is 2. The molecule has 0 bridgehead atoms. The summed E-state index contributed by atoms with van der Waals surface area (Å²) in [6.07, 6.45) is 5.07. The SMILES string of the molecule is C=CC(=O)Nc1cc(Nc2cc(N3OCCC3c3ccc(F)c(F)c3)ncn2)c(OC)cc1N1CCC(N2CCN(C(C)=O)CC2)CC1. The Kier molecular flexibility index (Phi) is 10.0. The molecule has 2 aromatic carbocycles. The van der Waals surface area contributed by atoms with Crippen LogP contribution < -0.4 is 25.3 Å². The Morgan fingerprint density at radius 2 is 1.75 bits per heavy atom. The van der Waals surface area contributed by atoms with Gasteiger partial charge in [-0.05, 0) is 42.7 Å². The first-order chi connectivity index (χ1) is 23.2. The summed E-state index contributed by atoms with van der Waals surface area (Å²) in [6.45, 7) is 10.5. The molecular weight excluding hydrogens is 622 g/mol. The summed E-state index contributed by atoms with van der Waals surface area (Å²) < 4.78 is 33.4. The number of hydrogen-bond acceptors (Lipinski definition) is 10. The van der Waals surface area contributed by atoms with Crippen molar-refractivity contribution in [3.05, 3.63) is 72.6 Å². The first-order valence-electron chi connectivity index (χ1n) is 16.1. The van der Waals surface area contributed by atoms with Crippen molar-refractivity contribution in [3.8, 4) is 5.75 Å². The van der Waals surface area contributed by atoms with Crippen molar-refractivity contribution in [2.75, 3.05) is 73.6 Å². The lowest BCUT2D eigenvalue weighted by atomic mass is 10.0. The van der Waals surface area contributed by atoms with Crippen molar-refractivity contribution in [1.29, 1.82) is 0 Å². The van der Waals surface area contributed by atoms with Crippen LogP contribution in [0, 0.1) is 11.6 Å². The Morgan fingerprint density at radius 1 is 0.979 bits per heavy atom. The third-order valence-electron chi connectivity index (χ3n) is 9.22. The second-order valence-electron chi connectivity index (χ2n) is 12.0. The van der Waals surface area contributed by atoms with Gasteiger partial charge in [0.2, 0.25) is 11.8 Å². The predicted molar refractivity (Wildman–Crippen MR) is 178 cm³/mol. The first kappa shape index (κ1) is 33.1. The molecule has 3 aliphatic rings. The predicted octanol–water partition coefficient (Wildman–Crippen LogP) is 4.65. The zero-order chi connectivity index (χ0) is 33.8. The van der Waals surface area contributed by atoms with Crippen LogP contribution in [0.5, 0.6) is 5.75 Å². The van der Waals surface area contributed by atoms with Crippen LogP contribution in [0.15, 0.2) is 55.4 Å². The van der Waals surface area contributed by atoms with Crippen molar-refractivity contribution in [3.63, 3.8) is 0 Å². The molecule has 48 heavy (non-hydrogen) atoms. The van der Waals surface area contributed by atoms with Crippen LogP contribution in [0.25, 0.3) is 0 Å². The average Bonchev–Trinajstić information content (AvgIpc) is 3.60. The van der Waals surface area contributed by atoms with Gasteiger partial charge < -0.3 is 25.2 Å². The second-order valence-corrected chi connectivity index (χ2v) is 12.0. The number of halogens is 2. The quantitative estimate of drug-likeness (QED) is 0.314. The lowest BCUT2D eigenvalue weighted by Crippen LogP contribution is -2.54. The van der Waals surface area contributed by atoms with E-state index in [-0.39, 0.29) is 17.9 Å². The van der Waals surface area contributed by atoms with Gasteiger partial charge in [0, 0.05) is 70.8 Å². The van der Waals surface area contributed by atoms with Crippen LogP contribution in [0.4, 0.5) is 37.5 Å². The largest absolute Gasteiger partial charge is 0.494 e. The van der Waals surface area contributed by atoms with E-state index in [0.717, 1.165) is 63.9 Å². The van der Waals surface area contributed by atoms with Crippen LogP contribution in [0.1, 0.15) is 37.8 Å². The number of hydroxylamine groups is 1. The highest BCUT2D eigenvalue weighted by Crippen LogP contribution is 2.40. The van der Waals surface area contributed by atoms with Gasteiger partial charge in [0.05, 0.1) is 36.8 Å². The summed E-state index contributed by atoms with van der Waals surface area (Å²) >= 11 is 0. The van der Waals surface area contributed by atoms with Crippen LogP contribution in [-0.2, 0) is 14.4 Å². The number of ether oxygens (including phenoxy) is 1. The average molecular weight is 663 g/mol. The van der Waals surface area contributed by atoms with E-state index < -0.39 is 11.6 Å². The summed E-state index contributed by atoms with van der Waals surface area (Å²) in [6, 6.07) is 9.27. The molecular formula is C34H40F2N8O4. The van der Waals surface area contributed by atoms with Gasteiger partial charge in [0.25, 0.3) is 0 Å². The minimum atomic E-state index is -0.923. The molecule has 1 atom stereocenters. The molecule has 14 heteroatoms. The number of hydrogen-bond donors (Lipinski definition) is 2. The van der Waals surface area contributed by atoms with Crippen LogP contribution in [0.2, 0.25) is 0 Å². The molecule has 2 amide bonds. The van der Waals surface area contributed by atoms with Gasteiger partial charge in [0.15, 0.2) is 17.5 Å². The molecule has 0 radical (unpaired) electrons. The monoisotopic (exact) mass is 662 g/mol. The molecule has 254 valence electrons. The number of amides is 2. The molecule has 1 aromatic heterocycles. The highest BCUT2D eigenvalue weighted by Gasteiger charge is 2.31. The fourth-order valence-electron chi connectivity index (χ4n) is 6.65. The zero-order valence-corrected chi connectivity index (χ0v) is 27.1. The lowest BCUT2D eigenvalue weighted by Gasteiger charge is -2.43. The normalized spacial score (nSPS) is 18.9. The molecule has 3 aromatic rings. The van der Waals surface area contributed by atoms with E-state index in [1.54, 1.807) is 31.2 Å². The number of rotatable bonds is 9. The third kappa shape index (κ3) is 7.19. The fraction of sp³-hybridized carbons (Fsp3) is 0.412. The van der Waals surface area contributed by atoms with E-state index >= 15 is 0 Å². The lowest BCUT2D eigenvalue weighted by molar-refractivity contribution is -0.131. The summed E-state index contributed by atoms with van der Waals surface area (Å²) in [7, 11) is 1.58. The molecule has 0 aliphatic carbocycles. The number of aromatic nitrogens is 2. The Bertz CT molecular complexity index is 1660. The number of piperidine rings is 1. The number of anilines is 5. The first-order valence-corrected chi connectivity index (χ1v) is 16.1. The number of carbonyl (C=O) groups excluding carboxylic acids is 2. The van der Waals surface area contributed by atoms with Gasteiger partial charge in [-0.25, -0.2) is 23.8 Å². The number of piperazine rings is 1. The fourth-order valence-corrected chi connectivity index (χ4v) is 6.65. The maximum Gasteiger partial charge on any atom is 0.247 e.